The molecule has 1 nitrogen and oxygen atoms in total. The highest BCUT2D eigenvalue weighted by molar-refractivity contribution is 4.61. The monoisotopic (exact) mass is 141 g/mol. The van der Waals surface area contributed by atoms with Crippen LogP contribution in [-0.2, 0) is 4.74 Å². The Kier molecular flexibility index (Phi) is 2.97. The first-order valence-electron chi connectivity index (χ1n) is 2.41. The molecule has 0 aromatic rings. The van der Waals surface area contributed by atoms with Crippen LogP contribution in [0, 0.1) is 6.10 Å². The third-order valence-corrected chi connectivity index (χ3v) is 0.525. The molecule has 0 aromatic carbocycles. The number of alkyl halides is 3. The lowest BCUT2D eigenvalue weighted by atomic mass is 10.5. The Morgan fingerprint density at radius 1 is 1.33 bits per heavy atom. The quantitative estimate of drug-likeness (QED) is 0.572. The Labute approximate surface area is 51.8 Å². The average Bonchev–Trinajstić information content (AvgIpc) is 1.59. The van der Waals surface area contributed by atoms with Gasteiger partial charge in [-0.25, -0.2) is 0 Å². The second-order valence-corrected chi connectivity index (χ2v) is 1.81. The highest BCUT2D eigenvalue weighted by atomic mass is 19.4. The molecule has 0 aliphatic carbocycles. The fraction of sp³-hybridized carbons (Fsp3) is 0.800. The summed E-state index contributed by atoms with van der Waals surface area (Å²) in [5.41, 5.74) is 0. The molecule has 0 heterocycles. The Morgan fingerprint density at radius 3 is 1.89 bits per heavy atom. The van der Waals surface area contributed by atoms with Gasteiger partial charge in [0.25, 0.3) is 0 Å². The lowest BCUT2D eigenvalue weighted by molar-refractivity contribution is -0.170. The zero-order valence-electron chi connectivity index (χ0n) is 5.25. The van der Waals surface area contributed by atoms with Crippen molar-refractivity contribution in [1.29, 1.82) is 0 Å². The number of hydrogen-bond acceptors (Lipinski definition) is 1. The molecule has 0 saturated heterocycles. The van der Waals surface area contributed by atoms with Crippen molar-refractivity contribution >= 4 is 0 Å². The maximum absolute atomic E-state index is 11.3. The van der Waals surface area contributed by atoms with E-state index in [9.17, 15) is 13.2 Å². The van der Waals surface area contributed by atoms with Crippen LogP contribution in [0.1, 0.15) is 13.8 Å². The van der Waals surface area contributed by atoms with Crippen molar-refractivity contribution in [3.63, 3.8) is 0 Å². The first-order valence-corrected chi connectivity index (χ1v) is 2.41. The highest BCUT2D eigenvalue weighted by Gasteiger charge is 2.27. The number of rotatable bonds is 2. The van der Waals surface area contributed by atoms with Gasteiger partial charge in [0, 0.05) is 0 Å². The largest absolute Gasteiger partial charge is 0.411 e. The first kappa shape index (κ1) is 8.75. The first-order chi connectivity index (χ1) is 3.92. The van der Waals surface area contributed by atoms with Crippen LogP contribution in [0.25, 0.3) is 0 Å². The lowest BCUT2D eigenvalue weighted by Gasteiger charge is -2.08. The summed E-state index contributed by atoms with van der Waals surface area (Å²) in [6, 6.07) is 0. The standard InChI is InChI=1S/C5H8F3O/c1-4(2)9-3-5(6,7)8/h3H2,1-2H3. The van der Waals surface area contributed by atoms with E-state index in [2.05, 4.69) is 4.74 Å². The summed E-state index contributed by atoms with van der Waals surface area (Å²) >= 11 is 0. The smallest absolute Gasteiger partial charge is 0.363 e. The maximum atomic E-state index is 11.3. The second kappa shape index (κ2) is 3.06. The van der Waals surface area contributed by atoms with Crippen molar-refractivity contribution in [2.24, 2.45) is 0 Å². The molecule has 0 aliphatic rings. The molecule has 55 valence electrons. The zero-order valence-corrected chi connectivity index (χ0v) is 5.25. The maximum Gasteiger partial charge on any atom is 0.411 e. The van der Waals surface area contributed by atoms with Crippen LogP contribution in [0.5, 0.6) is 0 Å². The van der Waals surface area contributed by atoms with Crippen LogP contribution < -0.4 is 0 Å². The molecule has 0 unspecified atom stereocenters. The van der Waals surface area contributed by atoms with Gasteiger partial charge in [0.05, 0.1) is 6.10 Å². The van der Waals surface area contributed by atoms with E-state index in [1.165, 1.54) is 13.8 Å². The van der Waals surface area contributed by atoms with Crippen LogP contribution in [0.4, 0.5) is 13.2 Å². The van der Waals surface area contributed by atoms with Gasteiger partial charge in [0.2, 0.25) is 0 Å². The Balaban J connectivity index is 3.28. The highest BCUT2D eigenvalue weighted by Crippen LogP contribution is 2.16. The number of ether oxygens (including phenoxy) is 1. The third kappa shape index (κ3) is 7.75. The number of halogens is 3. The summed E-state index contributed by atoms with van der Waals surface area (Å²) < 4.78 is 38.0. The summed E-state index contributed by atoms with van der Waals surface area (Å²) in [7, 11) is 0. The molecule has 1 radical (unpaired) electrons. The minimum Gasteiger partial charge on any atom is -0.363 e. The summed E-state index contributed by atoms with van der Waals surface area (Å²) in [6.45, 7) is 1.77. The van der Waals surface area contributed by atoms with Crippen LogP contribution >= 0.6 is 0 Å². The van der Waals surface area contributed by atoms with Crippen molar-refractivity contribution in [3.8, 4) is 0 Å². The van der Waals surface area contributed by atoms with E-state index < -0.39 is 12.8 Å². The molecule has 0 N–H and O–H groups in total. The molecule has 4 heteroatoms. The average molecular weight is 141 g/mol. The Hall–Kier alpha value is -0.250. The minimum atomic E-state index is -4.21. The van der Waals surface area contributed by atoms with Crippen molar-refractivity contribution in [2.45, 2.75) is 20.0 Å². The molecule has 9 heavy (non-hydrogen) atoms. The van der Waals surface area contributed by atoms with Crippen LogP contribution in [-0.4, -0.2) is 12.8 Å². The molecule has 0 aliphatic heterocycles. The summed E-state index contributed by atoms with van der Waals surface area (Å²) in [6.07, 6.45) is -3.88. The normalized spacial score (nSPS) is 12.7. The lowest BCUT2D eigenvalue weighted by Crippen LogP contribution is -2.17. The van der Waals surface area contributed by atoms with Crippen LogP contribution in [0.3, 0.4) is 0 Å². The van der Waals surface area contributed by atoms with Gasteiger partial charge < -0.3 is 4.74 Å². The predicted octanol–water partition coefficient (Wildman–Crippen LogP) is 2.14. The molecule has 0 bridgehead atoms. The van der Waals surface area contributed by atoms with E-state index in [0.29, 0.717) is 6.10 Å². The third-order valence-electron chi connectivity index (χ3n) is 0.525. The molecule has 0 fully saturated rings. The molecule has 0 aromatic heterocycles. The molecule has 0 rings (SSSR count). The fourth-order valence-corrected chi connectivity index (χ4v) is 0.226. The van der Waals surface area contributed by atoms with E-state index in [1.807, 2.05) is 0 Å². The predicted molar refractivity (Wildman–Crippen MR) is 26.6 cm³/mol. The van der Waals surface area contributed by atoms with Crippen molar-refractivity contribution < 1.29 is 17.9 Å². The molecule has 0 atom stereocenters. The van der Waals surface area contributed by atoms with Gasteiger partial charge in [-0.1, -0.05) is 0 Å². The second-order valence-electron chi connectivity index (χ2n) is 1.81. The fourth-order valence-electron chi connectivity index (χ4n) is 0.226. The van der Waals surface area contributed by atoms with Gasteiger partial charge in [-0.05, 0) is 13.8 Å². The molecule has 0 saturated carbocycles. The van der Waals surface area contributed by atoms with Crippen molar-refractivity contribution in [2.75, 3.05) is 6.61 Å². The topological polar surface area (TPSA) is 9.23 Å². The summed E-state index contributed by atoms with van der Waals surface area (Å²) in [4.78, 5) is 0. The molecule has 0 spiro atoms. The minimum absolute atomic E-state index is 0.326. The Morgan fingerprint density at radius 2 is 1.78 bits per heavy atom. The van der Waals surface area contributed by atoms with E-state index in [-0.39, 0.29) is 0 Å². The van der Waals surface area contributed by atoms with Crippen molar-refractivity contribution in [3.05, 3.63) is 6.10 Å². The number of hydrogen-bond donors (Lipinski definition) is 0. The van der Waals surface area contributed by atoms with Crippen LogP contribution in [0.2, 0.25) is 0 Å². The van der Waals surface area contributed by atoms with E-state index in [4.69, 9.17) is 0 Å². The van der Waals surface area contributed by atoms with Gasteiger partial charge in [0.1, 0.15) is 6.61 Å². The summed E-state index contributed by atoms with van der Waals surface area (Å²) in [5.74, 6) is 0. The molecule has 0 amide bonds. The van der Waals surface area contributed by atoms with E-state index in [0.717, 1.165) is 0 Å². The van der Waals surface area contributed by atoms with Crippen LogP contribution in [0.15, 0.2) is 0 Å². The zero-order chi connectivity index (χ0) is 7.49. The SMILES string of the molecule is C[C](C)OCC(F)(F)F. The van der Waals surface area contributed by atoms with E-state index in [1.54, 1.807) is 0 Å². The van der Waals surface area contributed by atoms with Crippen molar-refractivity contribution in [1.82, 2.24) is 0 Å². The molecular weight excluding hydrogens is 133 g/mol. The van der Waals surface area contributed by atoms with Gasteiger partial charge in [-0.15, -0.1) is 0 Å². The van der Waals surface area contributed by atoms with Gasteiger partial charge >= 0.3 is 6.18 Å². The van der Waals surface area contributed by atoms with Gasteiger partial charge in [-0.2, -0.15) is 13.2 Å². The van der Waals surface area contributed by atoms with Gasteiger partial charge in [-0.3, -0.25) is 0 Å². The Bertz CT molecular complexity index is 76.8. The molecular formula is C5H8F3O. The van der Waals surface area contributed by atoms with E-state index >= 15 is 0 Å². The van der Waals surface area contributed by atoms with Gasteiger partial charge in [0.15, 0.2) is 0 Å². The summed E-state index contributed by atoms with van der Waals surface area (Å²) in [5, 5.41) is 0.